The first kappa shape index (κ1) is 50.8. The fourth-order valence-electron chi connectivity index (χ4n) is 7.16. The molecular weight excluding hydrogens is 643 g/mol. The predicted molar refractivity (Wildman–Crippen MR) is 227 cm³/mol. The standard InChI is InChI=1S/C47H91NO4/c1-3-5-7-9-11-13-15-17-19-21-22-23-25-27-29-31-33-35-37-39-41-46(51)45(43-49)48-47(52)42-44(50)40-38-36-34-32-30-28-26-24-20-18-16-14-12-10-8-6-4-2/h24,26,39,41,44-46,49-51H,3-23,25,27-38,40,42-43H2,1-2H3,(H,48,52)/b26-24-,41-39+. The van der Waals surface area contributed by atoms with E-state index in [0.717, 1.165) is 38.5 Å². The maximum Gasteiger partial charge on any atom is 0.222 e. The van der Waals surface area contributed by atoms with Gasteiger partial charge in [-0.3, -0.25) is 4.79 Å². The summed E-state index contributed by atoms with van der Waals surface area (Å²) in [5, 5.41) is 33.3. The van der Waals surface area contributed by atoms with Gasteiger partial charge in [-0.1, -0.05) is 218 Å². The quantitative estimate of drug-likeness (QED) is 0.0371. The Morgan fingerprint density at radius 3 is 1.17 bits per heavy atom. The molecule has 3 atom stereocenters. The molecule has 308 valence electrons. The van der Waals surface area contributed by atoms with Crippen LogP contribution in [-0.2, 0) is 4.79 Å². The topological polar surface area (TPSA) is 89.8 Å². The summed E-state index contributed by atoms with van der Waals surface area (Å²) in [4.78, 5) is 12.4. The van der Waals surface area contributed by atoms with Gasteiger partial charge in [0, 0.05) is 0 Å². The van der Waals surface area contributed by atoms with Crippen molar-refractivity contribution >= 4 is 5.91 Å². The average molecular weight is 734 g/mol. The summed E-state index contributed by atoms with van der Waals surface area (Å²) in [6.07, 6.45) is 51.8. The molecular formula is C47H91NO4. The van der Waals surface area contributed by atoms with E-state index in [1.807, 2.05) is 6.08 Å². The van der Waals surface area contributed by atoms with Gasteiger partial charge in [0.1, 0.15) is 0 Å². The third kappa shape index (κ3) is 38.6. The monoisotopic (exact) mass is 734 g/mol. The third-order valence-corrected chi connectivity index (χ3v) is 10.7. The first-order chi connectivity index (χ1) is 25.5. The number of carbonyl (C=O) groups is 1. The minimum atomic E-state index is -0.929. The molecule has 0 aliphatic carbocycles. The number of rotatable bonds is 42. The first-order valence-electron chi connectivity index (χ1n) is 23.1. The van der Waals surface area contributed by atoms with E-state index in [2.05, 4.69) is 31.3 Å². The lowest BCUT2D eigenvalue weighted by Crippen LogP contribution is -2.45. The highest BCUT2D eigenvalue weighted by atomic mass is 16.3. The predicted octanol–water partition coefficient (Wildman–Crippen LogP) is 13.4. The van der Waals surface area contributed by atoms with Crippen LogP contribution in [0.5, 0.6) is 0 Å². The van der Waals surface area contributed by atoms with Crippen LogP contribution in [0.2, 0.25) is 0 Å². The van der Waals surface area contributed by atoms with Crippen LogP contribution in [0.4, 0.5) is 0 Å². The highest BCUT2D eigenvalue weighted by molar-refractivity contribution is 5.76. The molecule has 0 aromatic rings. The van der Waals surface area contributed by atoms with Crippen LogP contribution in [0.15, 0.2) is 24.3 Å². The number of nitrogens with one attached hydrogen (secondary N) is 1. The normalized spacial score (nSPS) is 13.7. The highest BCUT2D eigenvalue weighted by Crippen LogP contribution is 2.16. The Hall–Kier alpha value is -1.17. The second-order valence-corrected chi connectivity index (χ2v) is 16.0. The summed E-state index contributed by atoms with van der Waals surface area (Å²) in [5.41, 5.74) is 0. The van der Waals surface area contributed by atoms with Crippen LogP contribution in [-0.4, -0.2) is 46.1 Å². The van der Waals surface area contributed by atoms with Gasteiger partial charge in [0.05, 0.1) is 31.3 Å². The molecule has 52 heavy (non-hydrogen) atoms. The Labute approximate surface area is 324 Å². The molecule has 5 nitrogen and oxygen atoms in total. The molecule has 0 saturated heterocycles. The van der Waals surface area contributed by atoms with Crippen molar-refractivity contribution in [3.8, 4) is 0 Å². The summed E-state index contributed by atoms with van der Waals surface area (Å²) in [5.74, 6) is -0.318. The van der Waals surface area contributed by atoms with E-state index in [4.69, 9.17) is 0 Å². The lowest BCUT2D eigenvalue weighted by Gasteiger charge is -2.21. The zero-order valence-corrected chi connectivity index (χ0v) is 35.0. The molecule has 0 bridgehead atoms. The van der Waals surface area contributed by atoms with Crippen molar-refractivity contribution in [1.82, 2.24) is 5.32 Å². The van der Waals surface area contributed by atoms with Gasteiger partial charge < -0.3 is 20.6 Å². The van der Waals surface area contributed by atoms with Crippen LogP contribution in [0.25, 0.3) is 0 Å². The van der Waals surface area contributed by atoms with Crippen LogP contribution in [0, 0.1) is 0 Å². The van der Waals surface area contributed by atoms with E-state index in [0.29, 0.717) is 6.42 Å². The van der Waals surface area contributed by atoms with E-state index in [1.54, 1.807) is 6.08 Å². The summed E-state index contributed by atoms with van der Waals surface area (Å²) in [6.45, 7) is 4.22. The number of aliphatic hydroxyl groups is 3. The summed E-state index contributed by atoms with van der Waals surface area (Å²) in [7, 11) is 0. The maximum absolute atomic E-state index is 12.4. The van der Waals surface area contributed by atoms with Crippen molar-refractivity contribution in [2.75, 3.05) is 6.61 Å². The van der Waals surface area contributed by atoms with Crippen LogP contribution < -0.4 is 5.32 Å². The van der Waals surface area contributed by atoms with E-state index < -0.39 is 18.2 Å². The van der Waals surface area contributed by atoms with Crippen molar-refractivity contribution in [3.63, 3.8) is 0 Å². The number of hydrogen-bond donors (Lipinski definition) is 4. The fraction of sp³-hybridized carbons (Fsp3) is 0.894. The van der Waals surface area contributed by atoms with Gasteiger partial charge >= 0.3 is 0 Å². The van der Waals surface area contributed by atoms with Gasteiger partial charge in [-0.2, -0.15) is 0 Å². The highest BCUT2D eigenvalue weighted by Gasteiger charge is 2.20. The van der Waals surface area contributed by atoms with E-state index in [9.17, 15) is 20.1 Å². The summed E-state index contributed by atoms with van der Waals surface area (Å²) < 4.78 is 0. The largest absolute Gasteiger partial charge is 0.394 e. The van der Waals surface area contributed by atoms with Gasteiger partial charge in [0.15, 0.2) is 0 Å². The second kappa shape index (κ2) is 42.6. The summed E-state index contributed by atoms with van der Waals surface area (Å²) >= 11 is 0. The molecule has 0 aliphatic heterocycles. The molecule has 0 radical (unpaired) electrons. The molecule has 0 fully saturated rings. The third-order valence-electron chi connectivity index (χ3n) is 10.7. The van der Waals surface area contributed by atoms with Crippen molar-refractivity contribution in [3.05, 3.63) is 24.3 Å². The first-order valence-corrected chi connectivity index (χ1v) is 23.1. The van der Waals surface area contributed by atoms with Crippen LogP contribution in [0.3, 0.4) is 0 Å². The van der Waals surface area contributed by atoms with Gasteiger partial charge in [-0.15, -0.1) is 0 Å². The number of aliphatic hydroxyl groups excluding tert-OH is 3. The Kier molecular flexibility index (Phi) is 41.6. The Balaban J connectivity index is 3.65. The lowest BCUT2D eigenvalue weighted by molar-refractivity contribution is -0.124. The zero-order chi connectivity index (χ0) is 38.0. The smallest absolute Gasteiger partial charge is 0.222 e. The van der Waals surface area contributed by atoms with Crippen LogP contribution >= 0.6 is 0 Å². The number of hydrogen-bond acceptors (Lipinski definition) is 4. The molecule has 5 heteroatoms. The number of amides is 1. The summed E-state index contributed by atoms with van der Waals surface area (Å²) in [6, 6.07) is -0.745. The van der Waals surface area contributed by atoms with Gasteiger partial charge in [0.2, 0.25) is 5.91 Å². The van der Waals surface area contributed by atoms with Gasteiger partial charge in [0.25, 0.3) is 0 Å². The molecule has 0 spiro atoms. The van der Waals surface area contributed by atoms with Crippen molar-refractivity contribution in [2.24, 2.45) is 0 Å². The molecule has 0 aromatic heterocycles. The van der Waals surface area contributed by atoms with Crippen molar-refractivity contribution in [1.29, 1.82) is 0 Å². The maximum atomic E-state index is 12.4. The molecule has 4 N–H and O–H groups in total. The van der Waals surface area contributed by atoms with E-state index >= 15 is 0 Å². The molecule has 3 unspecified atom stereocenters. The van der Waals surface area contributed by atoms with Gasteiger partial charge in [-0.25, -0.2) is 0 Å². The van der Waals surface area contributed by atoms with E-state index in [-0.39, 0.29) is 18.9 Å². The lowest BCUT2D eigenvalue weighted by atomic mass is 10.0. The number of unbranched alkanes of at least 4 members (excludes halogenated alkanes) is 31. The number of carbonyl (C=O) groups excluding carboxylic acids is 1. The molecule has 0 heterocycles. The molecule has 0 aliphatic rings. The molecule has 0 saturated carbocycles. The SMILES string of the molecule is CCCCCCCCCC/C=C\CCCCCCCC(O)CC(=O)NC(CO)C(O)/C=C/CCCCCCCCCCCCCCCCCCCC. The van der Waals surface area contributed by atoms with Crippen LogP contribution in [0.1, 0.15) is 245 Å². The molecule has 0 rings (SSSR count). The minimum Gasteiger partial charge on any atom is -0.394 e. The molecule has 0 aromatic carbocycles. The molecule has 1 amide bonds. The van der Waals surface area contributed by atoms with E-state index in [1.165, 1.54) is 180 Å². The van der Waals surface area contributed by atoms with Crippen molar-refractivity contribution < 1.29 is 20.1 Å². The Bertz CT molecular complexity index is 768. The Morgan fingerprint density at radius 1 is 0.481 bits per heavy atom. The minimum absolute atomic E-state index is 0.00982. The zero-order valence-electron chi connectivity index (χ0n) is 35.0. The average Bonchev–Trinajstić information content (AvgIpc) is 3.14. The Morgan fingerprint density at radius 2 is 0.808 bits per heavy atom. The second-order valence-electron chi connectivity index (χ2n) is 16.0. The van der Waals surface area contributed by atoms with Gasteiger partial charge in [-0.05, 0) is 44.9 Å². The van der Waals surface area contributed by atoms with Crippen molar-refractivity contribution in [2.45, 2.75) is 263 Å². The number of allylic oxidation sites excluding steroid dienone is 3. The fourth-order valence-corrected chi connectivity index (χ4v) is 7.16.